The summed E-state index contributed by atoms with van der Waals surface area (Å²) in [5.41, 5.74) is 0. The highest BCUT2D eigenvalue weighted by molar-refractivity contribution is 6.60. The van der Waals surface area contributed by atoms with Gasteiger partial charge in [0.1, 0.15) is 0 Å². The van der Waals surface area contributed by atoms with Crippen LogP contribution in [0, 0.1) is 0 Å². The molecule has 0 saturated carbocycles. The van der Waals surface area contributed by atoms with Gasteiger partial charge >= 0.3 is 8.80 Å². The molecule has 0 aliphatic heterocycles. The van der Waals surface area contributed by atoms with Crippen molar-refractivity contribution in [3.05, 3.63) is 0 Å². The lowest BCUT2D eigenvalue weighted by Crippen LogP contribution is -3.00. The molecule has 0 aliphatic carbocycles. The van der Waals surface area contributed by atoms with Crippen LogP contribution in [0.3, 0.4) is 0 Å². The van der Waals surface area contributed by atoms with Gasteiger partial charge in [-0.25, -0.2) is 0 Å². The van der Waals surface area contributed by atoms with Gasteiger partial charge in [-0.3, -0.25) is 0 Å². The number of nitrogens with zero attached hydrogens (tertiary/aromatic N) is 1. The number of hydrogen-bond acceptors (Lipinski definition) is 3. The third-order valence-corrected chi connectivity index (χ3v) is 9.13. The third-order valence-electron chi connectivity index (χ3n) is 6.30. The van der Waals surface area contributed by atoms with Crippen molar-refractivity contribution in [3.63, 3.8) is 0 Å². The fourth-order valence-corrected chi connectivity index (χ4v) is 5.90. The average Bonchev–Trinajstić information content (AvgIpc) is 2.72. The smallest absolute Gasteiger partial charge is 0.500 e. The normalized spacial score (nSPS) is 12.2. The van der Waals surface area contributed by atoms with Crippen LogP contribution >= 0.6 is 0 Å². The third kappa shape index (κ3) is 18.0. The Kier molecular flexibility index (Phi) is 23.0. The van der Waals surface area contributed by atoms with Crippen LogP contribution in [0.25, 0.3) is 0 Å². The molecule has 0 heterocycles. The summed E-state index contributed by atoms with van der Waals surface area (Å²) >= 11 is 0. The monoisotopic (exact) mass is 467 g/mol. The van der Waals surface area contributed by atoms with Crippen molar-refractivity contribution >= 4 is 8.80 Å². The molecule has 0 unspecified atom stereocenters. The molecular formula is C24H54ClNO3Si. The van der Waals surface area contributed by atoms with E-state index in [-0.39, 0.29) is 12.4 Å². The fraction of sp³-hybridized carbons (Fsp3) is 1.00. The summed E-state index contributed by atoms with van der Waals surface area (Å²) in [6.45, 7) is 4.87. The summed E-state index contributed by atoms with van der Waals surface area (Å²) in [7, 11) is 7.51. The number of rotatable bonds is 22. The van der Waals surface area contributed by atoms with E-state index in [1.165, 1.54) is 103 Å². The van der Waals surface area contributed by atoms with E-state index < -0.39 is 8.80 Å². The Morgan fingerprint density at radius 1 is 0.533 bits per heavy atom. The highest BCUT2D eigenvalue weighted by Gasteiger charge is 2.36. The molecule has 0 aromatic heterocycles. The minimum absolute atomic E-state index is 0. The Morgan fingerprint density at radius 2 is 0.867 bits per heavy atom. The standard InChI is InChI=1S/C24H54NO3Si.ClH/c1-7-8-9-10-11-12-13-14-15-16-17-19-22-25(2,3)23-20-18-21-24-29(26-4,27-5)28-6;/h7-24H2,1-6H3;1H/q+1;/p-1. The summed E-state index contributed by atoms with van der Waals surface area (Å²) < 4.78 is 17.7. The van der Waals surface area contributed by atoms with Crippen LogP contribution in [0.1, 0.15) is 103 Å². The van der Waals surface area contributed by atoms with Gasteiger partial charge in [-0.05, 0) is 32.1 Å². The Bertz CT molecular complexity index is 347. The Morgan fingerprint density at radius 3 is 1.23 bits per heavy atom. The molecule has 4 nitrogen and oxygen atoms in total. The van der Waals surface area contributed by atoms with Crippen LogP contribution in [0.15, 0.2) is 0 Å². The SMILES string of the molecule is CCCCCCCCCCCCCC[N+](C)(C)CCCCC[Si](OC)(OC)OC.[Cl-]. The van der Waals surface area contributed by atoms with E-state index in [2.05, 4.69) is 21.0 Å². The lowest BCUT2D eigenvalue weighted by atomic mass is 10.1. The number of quaternary nitrogens is 1. The van der Waals surface area contributed by atoms with Crippen molar-refractivity contribution in [1.82, 2.24) is 0 Å². The molecule has 184 valence electrons. The molecule has 0 spiro atoms. The van der Waals surface area contributed by atoms with Crippen LogP contribution in [-0.2, 0) is 13.3 Å². The Balaban J connectivity index is 0. The van der Waals surface area contributed by atoms with Gasteiger partial charge in [0.15, 0.2) is 0 Å². The van der Waals surface area contributed by atoms with Gasteiger partial charge in [-0.1, -0.05) is 71.1 Å². The van der Waals surface area contributed by atoms with Crippen LogP contribution in [-0.4, -0.2) is 61.8 Å². The molecule has 0 fully saturated rings. The molecule has 0 rings (SSSR count). The average molecular weight is 468 g/mol. The van der Waals surface area contributed by atoms with E-state index >= 15 is 0 Å². The van der Waals surface area contributed by atoms with Crippen molar-refractivity contribution in [2.45, 2.75) is 109 Å². The quantitative estimate of drug-likeness (QED) is 0.138. The summed E-state index contributed by atoms with van der Waals surface area (Å²) in [5, 5.41) is 0. The van der Waals surface area contributed by atoms with Crippen LogP contribution in [0.5, 0.6) is 0 Å². The van der Waals surface area contributed by atoms with Crippen molar-refractivity contribution in [1.29, 1.82) is 0 Å². The second-order valence-electron chi connectivity index (χ2n) is 9.38. The molecule has 0 radical (unpaired) electrons. The molecule has 0 aliphatic rings. The van der Waals surface area contributed by atoms with Crippen LogP contribution < -0.4 is 12.4 Å². The summed E-state index contributed by atoms with van der Waals surface area (Å²) in [6.07, 6.45) is 20.7. The van der Waals surface area contributed by atoms with E-state index in [1.807, 2.05) is 0 Å². The van der Waals surface area contributed by atoms with Crippen molar-refractivity contribution in [2.75, 3.05) is 48.5 Å². The number of hydrogen-bond donors (Lipinski definition) is 0. The Hall–Kier alpha value is 0.347. The first-order chi connectivity index (χ1) is 13.9. The molecule has 0 amide bonds. The molecule has 0 aromatic carbocycles. The maximum absolute atomic E-state index is 5.50. The molecule has 0 saturated heterocycles. The van der Waals surface area contributed by atoms with E-state index in [0.29, 0.717) is 0 Å². The van der Waals surface area contributed by atoms with Crippen LogP contribution in [0.4, 0.5) is 0 Å². The molecule has 6 heteroatoms. The number of halogens is 1. The molecule has 0 atom stereocenters. The first-order valence-electron chi connectivity index (χ1n) is 12.4. The van der Waals surface area contributed by atoms with Crippen LogP contribution in [0.2, 0.25) is 6.04 Å². The van der Waals surface area contributed by atoms with Gasteiger partial charge in [-0.2, -0.15) is 0 Å². The molecule has 30 heavy (non-hydrogen) atoms. The van der Waals surface area contributed by atoms with Gasteiger partial charge in [0, 0.05) is 27.4 Å². The topological polar surface area (TPSA) is 27.7 Å². The first kappa shape index (κ1) is 32.5. The maximum atomic E-state index is 5.50. The van der Waals surface area contributed by atoms with Crippen molar-refractivity contribution in [2.24, 2.45) is 0 Å². The zero-order chi connectivity index (χ0) is 21.8. The summed E-state index contributed by atoms with van der Waals surface area (Å²) in [4.78, 5) is 0. The van der Waals surface area contributed by atoms with E-state index in [4.69, 9.17) is 13.3 Å². The highest BCUT2D eigenvalue weighted by Crippen LogP contribution is 2.18. The second-order valence-corrected chi connectivity index (χ2v) is 12.5. The molecule has 0 N–H and O–H groups in total. The largest absolute Gasteiger partial charge is 1.00 e. The van der Waals surface area contributed by atoms with Gasteiger partial charge in [-0.15, -0.1) is 0 Å². The Labute approximate surface area is 196 Å². The molecular weight excluding hydrogens is 414 g/mol. The maximum Gasteiger partial charge on any atom is 0.500 e. The van der Waals surface area contributed by atoms with Gasteiger partial charge in [0.2, 0.25) is 0 Å². The van der Waals surface area contributed by atoms with Crippen molar-refractivity contribution < 1.29 is 30.2 Å². The zero-order valence-electron chi connectivity index (χ0n) is 21.3. The van der Waals surface area contributed by atoms with Gasteiger partial charge in [0.05, 0.1) is 27.2 Å². The lowest BCUT2D eigenvalue weighted by Gasteiger charge is -2.30. The second kappa shape index (κ2) is 21.2. The molecule has 0 aromatic rings. The highest BCUT2D eigenvalue weighted by atomic mass is 35.5. The summed E-state index contributed by atoms with van der Waals surface area (Å²) in [5.74, 6) is 0. The van der Waals surface area contributed by atoms with Gasteiger partial charge in [0.25, 0.3) is 0 Å². The first-order valence-corrected chi connectivity index (χ1v) is 14.4. The van der Waals surface area contributed by atoms with Crippen molar-refractivity contribution in [3.8, 4) is 0 Å². The minimum Gasteiger partial charge on any atom is -1.00 e. The predicted octanol–water partition coefficient (Wildman–Crippen LogP) is 3.82. The fourth-order valence-electron chi connectivity index (χ4n) is 4.11. The summed E-state index contributed by atoms with van der Waals surface area (Å²) in [6, 6.07) is 0.919. The van der Waals surface area contributed by atoms with E-state index in [0.717, 1.165) is 16.9 Å². The van der Waals surface area contributed by atoms with E-state index in [1.54, 1.807) is 21.3 Å². The zero-order valence-corrected chi connectivity index (χ0v) is 23.0. The number of unbranched alkanes of at least 4 members (excludes halogenated alkanes) is 13. The predicted molar refractivity (Wildman–Crippen MR) is 128 cm³/mol. The van der Waals surface area contributed by atoms with Gasteiger partial charge < -0.3 is 30.2 Å². The minimum atomic E-state index is -2.37. The van der Waals surface area contributed by atoms with E-state index in [9.17, 15) is 0 Å². The molecule has 0 bridgehead atoms. The lowest BCUT2D eigenvalue weighted by molar-refractivity contribution is -0.890.